The number of ether oxygens (including phenoxy) is 2. The predicted octanol–water partition coefficient (Wildman–Crippen LogP) is 1.67. The van der Waals surface area contributed by atoms with Crippen LogP contribution >= 0.6 is 28.3 Å². The molecule has 6 nitrogen and oxygen atoms in total. The fraction of sp³-hybridized carbons (Fsp3) is 0.538. The quantitative estimate of drug-likeness (QED) is 0.788. The summed E-state index contributed by atoms with van der Waals surface area (Å²) in [5, 5.41) is 3.19. The fourth-order valence-corrected chi connectivity index (χ4v) is 4.79. The van der Waals surface area contributed by atoms with Gasteiger partial charge in [0, 0.05) is 23.1 Å². The number of halogens is 2. The molecule has 1 atom stereocenters. The fourth-order valence-electron chi connectivity index (χ4n) is 2.49. The van der Waals surface area contributed by atoms with E-state index in [4.69, 9.17) is 9.47 Å². The molecule has 0 aromatic heterocycles. The van der Waals surface area contributed by atoms with E-state index in [0.717, 1.165) is 19.4 Å². The minimum absolute atomic E-state index is 0. The number of hydrogen-bond donors (Lipinski definition) is 2. The van der Waals surface area contributed by atoms with Gasteiger partial charge in [-0.05, 0) is 41.4 Å². The molecule has 1 saturated heterocycles. The van der Waals surface area contributed by atoms with Gasteiger partial charge in [-0.15, -0.1) is 12.4 Å². The first kappa shape index (κ1) is 17.8. The standard InChI is InChI=1S/C13H17BrN2O4S.ClH/c14-10-6-11-12(20-5-4-19-11)7-13(10)21(17,18)16-9-2-1-3-15-8-9;/h6-7,9,15-16H,1-5,8H2;1H. The molecule has 2 N–H and O–H groups in total. The minimum Gasteiger partial charge on any atom is -0.486 e. The van der Waals surface area contributed by atoms with Crippen molar-refractivity contribution in [2.45, 2.75) is 23.8 Å². The Labute approximate surface area is 144 Å². The molecule has 2 aliphatic heterocycles. The Morgan fingerprint density at radius 3 is 2.55 bits per heavy atom. The number of benzene rings is 1. The van der Waals surface area contributed by atoms with Crippen molar-refractivity contribution < 1.29 is 17.9 Å². The van der Waals surface area contributed by atoms with E-state index in [2.05, 4.69) is 26.0 Å². The van der Waals surface area contributed by atoms with Gasteiger partial charge in [-0.2, -0.15) is 0 Å². The van der Waals surface area contributed by atoms with E-state index in [1.54, 1.807) is 6.07 Å². The minimum atomic E-state index is -3.60. The van der Waals surface area contributed by atoms with E-state index in [1.807, 2.05) is 0 Å². The lowest BCUT2D eigenvalue weighted by Crippen LogP contribution is -2.45. The number of rotatable bonds is 3. The van der Waals surface area contributed by atoms with Crippen LogP contribution in [0, 0.1) is 0 Å². The average molecular weight is 414 g/mol. The van der Waals surface area contributed by atoms with Gasteiger partial charge >= 0.3 is 0 Å². The van der Waals surface area contributed by atoms with E-state index in [-0.39, 0.29) is 23.3 Å². The van der Waals surface area contributed by atoms with E-state index in [0.29, 0.717) is 35.7 Å². The maximum absolute atomic E-state index is 12.5. The largest absolute Gasteiger partial charge is 0.486 e. The molecule has 1 aromatic rings. The third-order valence-electron chi connectivity index (χ3n) is 3.50. The molecule has 124 valence electrons. The highest BCUT2D eigenvalue weighted by molar-refractivity contribution is 9.10. The molecule has 0 aliphatic carbocycles. The van der Waals surface area contributed by atoms with Crippen molar-refractivity contribution in [3.63, 3.8) is 0 Å². The second-order valence-corrected chi connectivity index (χ2v) is 7.63. The highest BCUT2D eigenvalue weighted by atomic mass is 79.9. The second-order valence-electron chi connectivity index (χ2n) is 5.09. The van der Waals surface area contributed by atoms with Crippen LogP contribution in [0.1, 0.15) is 12.8 Å². The highest BCUT2D eigenvalue weighted by Crippen LogP contribution is 2.37. The maximum atomic E-state index is 12.5. The SMILES string of the molecule is Cl.O=S(=O)(NC1CCCNC1)c1cc2c(cc1Br)OCCO2. The van der Waals surface area contributed by atoms with Gasteiger partial charge in [0.25, 0.3) is 0 Å². The Kier molecular flexibility index (Phi) is 5.95. The molecule has 0 bridgehead atoms. The molecule has 2 aliphatic rings. The lowest BCUT2D eigenvalue weighted by atomic mass is 10.1. The third-order valence-corrected chi connectivity index (χ3v) is 5.98. The van der Waals surface area contributed by atoms with Gasteiger partial charge in [-0.3, -0.25) is 0 Å². The summed E-state index contributed by atoms with van der Waals surface area (Å²) >= 11 is 3.31. The van der Waals surface area contributed by atoms with E-state index in [9.17, 15) is 8.42 Å². The van der Waals surface area contributed by atoms with Crippen LogP contribution in [0.15, 0.2) is 21.5 Å². The summed E-state index contributed by atoms with van der Waals surface area (Å²) in [7, 11) is -3.60. The summed E-state index contributed by atoms with van der Waals surface area (Å²) in [6.45, 7) is 2.49. The van der Waals surface area contributed by atoms with Crippen LogP contribution in [-0.2, 0) is 10.0 Å². The van der Waals surface area contributed by atoms with E-state index < -0.39 is 10.0 Å². The van der Waals surface area contributed by atoms with Crippen LogP contribution in [0.4, 0.5) is 0 Å². The van der Waals surface area contributed by atoms with Gasteiger partial charge in [0.15, 0.2) is 11.5 Å². The molecule has 0 amide bonds. The Morgan fingerprint density at radius 1 is 1.23 bits per heavy atom. The van der Waals surface area contributed by atoms with Crippen LogP contribution in [0.5, 0.6) is 11.5 Å². The van der Waals surface area contributed by atoms with Crippen molar-refractivity contribution >= 4 is 38.4 Å². The van der Waals surface area contributed by atoms with Gasteiger partial charge in [0.1, 0.15) is 18.1 Å². The lowest BCUT2D eigenvalue weighted by molar-refractivity contribution is 0.171. The molecule has 1 fully saturated rings. The summed E-state index contributed by atoms with van der Waals surface area (Å²) in [5.41, 5.74) is 0. The van der Waals surface area contributed by atoms with Crippen molar-refractivity contribution in [1.82, 2.24) is 10.0 Å². The Bertz CT molecular complexity index is 635. The lowest BCUT2D eigenvalue weighted by Gasteiger charge is -2.24. The van der Waals surface area contributed by atoms with Crippen molar-refractivity contribution in [1.29, 1.82) is 0 Å². The van der Waals surface area contributed by atoms with Crippen molar-refractivity contribution in [2.75, 3.05) is 26.3 Å². The van der Waals surface area contributed by atoms with Gasteiger partial charge in [-0.25, -0.2) is 13.1 Å². The molecule has 0 spiro atoms. The third kappa shape index (κ3) is 3.86. The first-order valence-electron chi connectivity index (χ1n) is 6.88. The number of sulfonamides is 1. The van der Waals surface area contributed by atoms with Gasteiger partial charge in [0.05, 0.1) is 0 Å². The molecule has 22 heavy (non-hydrogen) atoms. The molecular weight excluding hydrogens is 396 g/mol. The molecule has 2 heterocycles. The van der Waals surface area contributed by atoms with Gasteiger partial charge in [-0.1, -0.05) is 0 Å². The molecule has 3 rings (SSSR count). The Balaban J connectivity index is 0.00000176. The first-order chi connectivity index (χ1) is 10.1. The van der Waals surface area contributed by atoms with Crippen LogP contribution < -0.4 is 19.5 Å². The summed E-state index contributed by atoms with van der Waals surface area (Å²) < 4.78 is 39.2. The average Bonchev–Trinajstić information content (AvgIpc) is 2.47. The molecule has 0 saturated carbocycles. The molecular formula is C13H18BrClN2O4S. The van der Waals surface area contributed by atoms with Crippen molar-refractivity contribution in [3.05, 3.63) is 16.6 Å². The Hall–Kier alpha value is -0.540. The van der Waals surface area contributed by atoms with Crippen LogP contribution in [0.2, 0.25) is 0 Å². The molecule has 9 heteroatoms. The molecule has 0 radical (unpaired) electrons. The summed E-state index contributed by atoms with van der Waals surface area (Å²) in [5.74, 6) is 1.03. The molecule has 1 aromatic carbocycles. The van der Waals surface area contributed by atoms with Crippen molar-refractivity contribution in [2.24, 2.45) is 0 Å². The van der Waals surface area contributed by atoms with Gasteiger partial charge < -0.3 is 14.8 Å². The summed E-state index contributed by atoms with van der Waals surface area (Å²) in [4.78, 5) is 0.178. The predicted molar refractivity (Wildman–Crippen MR) is 88.6 cm³/mol. The zero-order valence-corrected chi connectivity index (χ0v) is 15.0. The number of hydrogen-bond acceptors (Lipinski definition) is 5. The normalized spacial score (nSPS) is 21.0. The molecule has 1 unspecified atom stereocenters. The van der Waals surface area contributed by atoms with E-state index >= 15 is 0 Å². The second kappa shape index (κ2) is 7.35. The monoisotopic (exact) mass is 412 g/mol. The van der Waals surface area contributed by atoms with Crippen LogP contribution in [0.3, 0.4) is 0 Å². The van der Waals surface area contributed by atoms with Crippen LogP contribution in [-0.4, -0.2) is 40.8 Å². The number of piperidine rings is 1. The maximum Gasteiger partial charge on any atom is 0.242 e. The smallest absolute Gasteiger partial charge is 0.242 e. The first-order valence-corrected chi connectivity index (χ1v) is 9.16. The topological polar surface area (TPSA) is 76.7 Å². The zero-order chi connectivity index (χ0) is 14.9. The van der Waals surface area contributed by atoms with Gasteiger partial charge in [0.2, 0.25) is 10.0 Å². The van der Waals surface area contributed by atoms with Crippen LogP contribution in [0.25, 0.3) is 0 Å². The van der Waals surface area contributed by atoms with E-state index in [1.165, 1.54) is 6.07 Å². The zero-order valence-electron chi connectivity index (χ0n) is 11.8. The number of nitrogens with one attached hydrogen (secondary N) is 2. The summed E-state index contributed by atoms with van der Waals surface area (Å²) in [6, 6.07) is 3.07. The number of fused-ring (bicyclic) bond motifs is 1. The van der Waals surface area contributed by atoms with Crippen molar-refractivity contribution in [3.8, 4) is 11.5 Å². The highest BCUT2D eigenvalue weighted by Gasteiger charge is 2.26. The summed E-state index contributed by atoms with van der Waals surface area (Å²) in [6.07, 6.45) is 1.81. The Morgan fingerprint density at radius 2 is 1.91 bits per heavy atom.